The maximum Gasteiger partial charge on any atom is 0.141 e. The zero-order chi connectivity index (χ0) is 14.8. The Balaban J connectivity index is 1.75. The van der Waals surface area contributed by atoms with E-state index >= 15 is 0 Å². The number of nitrogens with zero attached hydrogens (tertiary/aromatic N) is 3. The fourth-order valence-electron chi connectivity index (χ4n) is 3.00. The van der Waals surface area contributed by atoms with E-state index in [1.165, 1.54) is 25.5 Å². The number of nitrogens with one attached hydrogen (secondary N) is 1. The number of pyridine rings is 1. The Morgan fingerprint density at radius 1 is 1.38 bits per heavy atom. The van der Waals surface area contributed by atoms with Gasteiger partial charge in [0.1, 0.15) is 11.6 Å². The second kappa shape index (κ2) is 6.28. The van der Waals surface area contributed by atoms with Gasteiger partial charge < -0.3 is 15.1 Å². The first kappa shape index (κ1) is 14.7. The van der Waals surface area contributed by atoms with Crippen LogP contribution in [0, 0.1) is 5.82 Å². The van der Waals surface area contributed by atoms with Crippen LogP contribution in [-0.2, 0) is 6.54 Å². The van der Waals surface area contributed by atoms with Gasteiger partial charge in [-0.25, -0.2) is 9.37 Å². The van der Waals surface area contributed by atoms with Crippen molar-refractivity contribution < 1.29 is 4.39 Å². The summed E-state index contributed by atoms with van der Waals surface area (Å²) in [7, 11) is 4.25. The van der Waals surface area contributed by atoms with E-state index in [1.54, 1.807) is 6.07 Å². The number of halogens is 1. The van der Waals surface area contributed by atoms with Gasteiger partial charge in [0, 0.05) is 37.3 Å². The summed E-state index contributed by atoms with van der Waals surface area (Å²) >= 11 is 0. The van der Waals surface area contributed by atoms with E-state index in [0.29, 0.717) is 18.6 Å². The number of piperidine rings is 1. The number of hydrogen-bond donors (Lipinski definition) is 1. The molecular formula is C16H25FN4. The summed E-state index contributed by atoms with van der Waals surface area (Å²) < 4.78 is 13.5. The van der Waals surface area contributed by atoms with Crippen LogP contribution in [0.2, 0.25) is 0 Å². The monoisotopic (exact) mass is 292 g/mol. The molecule has 1 aromatic rings. The maximum atomic E-state index is 13.5. The molecule has 5 heteroatoms. The van der Waals surface area contributed by atoms with Gasteiger partial charge in [-0.15, -0.1) is 0 Å². The van der Waals surface area contributed by atoms with Gasteiger partial charge in [-0.2, -0.15) is 0 Å². The smallest absolute Gasteiger partial charge is 0.141 e. The van der Waals surface area contributed by atoms with Gasteiger partial charge in [-0.3, -0.25) is 0 Å². The minimum absolute atomic E-state index is 0.243. The minimum atomic E-state index is -0.243. The zero-order valence-electron chi connectivity index (χ0n) is 13.0. The molecule has 1 aliphatic carbocycles. The highest BCUT2D eigenvalue weighted by Gasteiger charge is 2.25. The third-order valence-corrected chi connectivity index (χ3v) is 4.49. The summed E-state index contributed by atoms with van der Waals surface area (Å²) in [5, 5.41) is 3.47. The summed E-state index contributed by atoms with van der Waals surface area (Å²) in [6.07, 6.45) is 6.21. The fourth-order valence-corrected chi connectivity index (χ4v) is 3.00. The SMILES string of the molecule is CN(C)C1CCCN(c2ncc(F)cc2CNC2CC2)C1. The topological polar surface area (TPSA) is 31.4 Å². The summed E-state index contributed by atoms with van der Waals surface area (Å²) in [6, 6.07) is 2.81. The molecule has 21 heavy (non-hydrogen) atoms. The standard InChI is InChI=1S/C16H25FN4/c1-20(2)15-4-3-7-21(11-15)16-12(8-13(17)10-19-16)9-18-14-5-6-14/h8,10,14-15,18H,3-7,9,11H2,1-2H3. The molecule has 0 aromatic carbocycles. The molecule has 2 heterocycles. The fraction of sp³-hybridized carbons (Fsp3) is 0.688. The van der Waals surface area contributed by atoms with E-state index in [2.05, 4.69) is 34.2 Å². The van der Waals surface area contributed by atoms with Crippen LogP contribution < -0.4 is 10.2 Å². The van der Waals surface area contributed by atoms with Crippen molar-refractivity contribution in [1.82, 2.24) is 15.2 Å². The predicted octanol–water partition coefficient (Wildman–Crippen LogP) is 2.00. The molecule has 1 aliphatic heterocycles. The molecule has 1 unspecified atom stereocenters. The lowest BCUT2D eigenvalue weighted by Crippen LogP contribution is -2.45. The van der Waals surface area contributed by atoms with Crippen LogP contribution in [0.1, 0.15) is 31.2 Å². The van der Waals surface area contributed by atoms with Crippen LogP contribution in [-0.4, -0.2) is 49.2 Å². The Labute approximate surface area is 126 Å². The maximum absolute atomic E-state index is 13.5. The van der Waals surface area contributed by atoms with Gasteiger partial charge in [0.05, 0.1) is 6.20 Å². The van der Waals surface area contributed by atoms with E-state index in [4.69, 9.17) is 0 Å². The Morgan fingerprint density at radius 3 is 2.90 bits per heavy atom. The molecule has 0 radical (unpaired) electrons. The molecule has 1 atom stereocenters. The molecule has 1 aromatic heterocycles. The van der Waals surface area contributed by atoms with Crippen molar-refractivity contribution in [3.05, 3.63) is 23.6 Å². The lowest BCUT2D eigenvalue weighted by atomic mass is 10.0. The third-order valence-electron chi connectivity index (χ3n) is 4.49. The van der Waals surface area contributed by atoms with Crippen LogP contribution in [0.15, 0.2) is 12.3 Å². The lowest BCUT2D eigenvalue weighted by molar-refractivity contribution is 0.257. The van der Waals surface area contributed by atoms with Crippen LogP contribution in [0.25, 0.3) is 0 Å². The molecule has 1 saturated heterocycles. The van der Waals surface area contributed by atoms with Gasteiger partial charge in [0.2, 0.25) is 0 Å². The molecule has 0 amide bonds. The van der Waals surface area contributed by atoms with Gasteiger partial charge in [0.25, 0.3) is 0 Å². The molecule has 116 valence electrons. The van der Waals surface area contributed by atoms with Crippen molar-refractivity contribution in [1.29, 1.82) is 0 Å². The Hall–Kier alpha value is -1.20. The largest absolute Gasteiger partial charge is 0.355 e. The predicted molar refractivity (Wildman–Crippen MR) is 83.0 cm³/mol. The summed E-state index contributed by atoms with van der Waals surface area (Å²) in [5.74, 6) is 0.712. The van der Waals surface area contributed by atoms with Gasteiger partial charge in [0.15, 0.2) is 0 Å². The quantitative estimate of drug-likeness (QED) is 0.899. The van der Waals surface area contributed by atoms with Crippen molar-refractivity contribution in [2.24, 2.45) is 0 Å². The number of anilines is 1. The van der Waals surface area contributed by atoms with Crippen molar-refractivity contribution >= 4 is 5.82 Å². The molecule has 4 nitrogen and oxygen atoms in total. The third kappa shape index (κ3) is 3.71. The summed E-state index contributed by atoms with van der Waals surface area (Å²) in [5.41, 5.74) is 0.987. The lowest BCUT2D eigenvalue weighted by Gasteiger charge is -2.37. The second-order valence-electron chi connectivity index (χ2n) is 6.50. The highest BCUT2D eigenvalue weighted by molar-refractivity contribution is 5.47. The van der Waals surface area contributed by atoms with E-state index in [-0.39, 0.29) is 5.82 Å². The van der Waals surface area contributed by atoms with Gasteiger partial charge in [-0.1, -0.05) is 0 Å². The zero-order valence-corrected chi connectivity index (χ0v) is 13.0. The molecule has 2 aliphatic rings. The second-order valence-corrected chi connectivity index (χ2v) is 6.50. The van der Waals surface area contributed by atoms with Crippen molar-refractivity contribution in [2.75, 3.05) is 32.1 Å². The first-order chi connectivity index (χ1) is 10.1. The van der Waals surface area contributed by atoms with Crippen LogP contribution in [0.4, 0.5) is 10.2 Å². The van der Waals surface area contributed by atoms with E-state index < -0.39 is 0 Å². The van der Waals surface area contributed by atoms with Crippen LogP contribution >= 0.6 is 0 Å². The van der Waals surface area contributed by atoms with Gasteiger partial charge in [-0.05, 0) is 45.8 Å². The summed E-state index contributed by atoms with van der Waals surface area (Å²) in [4.78, 5) is 8.98. The number of rotatable bonds is 5. The average Bonchev–Trinajstić information content (AvgIpc) is 3.29. The average molecular weight is 292 g/mol. The molecule has 0 spiro atoms. The number of hydrogen-bond acceptors (Lipinski definition) is 4. The van der Waals surface area contributed by atoms with Crippen LogP contribution in [0.5, 0.6) is 0 Å². The first-order valence-electron chi connectivity index (χ1n) is 7.92. The summed E-state index contributed by atoms with van der Waals surface area (Å²) in [6.45, 7) is 2.70. The molecule has 1 N–H and O–H groups in total. The van der Waals surface area contributed by atoms with E-state index in [9.17, 15) is 4.39 Å². The molecular weight excluding hydrogens is 267 g/mol. The van der Waals surface area contributed by atoms with Crippen molar-refractivity contribution in [3.8, 4) is 0 Å². The highest BCUT2D eigenvalue weighted by Crippen LogP contribution is 2.25. The molecule has 1 saturated carbocycles. The Kier molecular flexibility index (Phi) is 4.40. The van der Waals surface area contributed by atoms with E-state index in [1.807, 2.05) is 0 Å². The van der Waals surface area contributed by atoms with E-state index in [0.717, 1.165) is 30.9 Å². The first-order valence-corrected chi connectivity index (χ1v) is 7.92. The van der Waals surface area contributed by atoms with Crippen LogP contribution in [0.3, 0.4) is 0 Å². The Bertz CT molecular complexity index is 487. The molecule has 2 fully saturated rings. The van der Waals surface area contributed by atoms with Crippen molar-refractivity contribution in [2.45, 2.75) is 44.3 Å². The van der Waals surface area contributed by atoms with Gasteiger partial charge >= 0.3 is 0 Å². The number of aromatic nitrogens is 1. The molecule has 0 bridgehead atoms. The number of likely N-dealkylation sites (N-methyl/N-ethyl adjacent to an activating group) is 1. The minimum Gasteiger partial charge on any atom is -0.355 e. The normalized spacial score (nSPS) is 22.9. The Morgan fingerprint density at radius 2 is 2.19 bits per heavy atom. The molecule has 3 rings (SSSR count). The van der Waals surface area contributed by atoms with Crippen molar-refractivity contribution in [3.63, 3.8) is 0 Å². The highest BCUT2D eigenvalue weighted by atomic mass is 19.1.